The fourth-order valence-corrected chi connectivity index (χ4v) is 1.72. The van der Waals surface area contributed by atoms with Crippen LogP contribution in [0.5, 0.6) is 0 Å². The van der Waals surface area contributed by atoms with Crippen LogP contribution in [0.4, 0.5) is 0 Å². The van der Waals surface area contributed by atoms with Crippen molar-refractivity contribution in [2.24, 2.45) is 5.73 Å². The van der Waals surface area contributed by atoms with Crippen LogP contribution in [0.2, 0.25) is 0 Å². The minimum Gasteiger partial charge on any atom is -0.408 e. The maximum absolute atomic E-state index is 11.4. The molecule has 0 aliphatic rings. The van der Waals surface area contributed by atoms with E-state index in [1.54, 1.807) is 6.07 Å². The average Bonchev–Trinajstić information content (AvgIpc) is 2.43. The molecule has 0 atom stereocenters. The Bertz CT molecular complexity index is 515. The normalized spacial score (nSPS) is 11.0. The molecule has 0 aliphatic heterocycles. The van der Waals surface area contributed by atoms with E-state index in [-0.39, 0.29) is 5.76 Å². The van der Waals surface area contributed by atoms with Crippen molar-refractivity contribution < 1.29 is 4.42 Å². The second-order valence-electron chi connectivity index (χ2n) is 2.92. The van der Waals surface area contributed by atoms with Crippen molar-refractivity contribution in [3.63, 3.8) is 0 Å². The van der Waals surface area contributed by atoms with Crippen molar-refractivity contribution in [1.82, 2.24) is 4.57 Å². The van der Waals surface area contributed by atoms with Gasteiger partial charge in [0.15, 0.2) is 5.58 Å². The molecule has 0 bridgehead atoms. The summed E-state index contributed by atoms with van der Waals surface area (Å²) in [7, 11) is 0. The quantitative estimate of drug-likeness (QED) is 0.882. The molecule has 1 heterocycles. The van der Waals surface area contributed by atoms with Crippen molar-refractivity contribution in [1.29, 1.82) is 0 Å². The van der Waals surface area contributed by atoms with Crippen LogP contribution >= 0.6 is 15.9 Å². The van der Waals surface area contributed by atoms with Gasteiger partial charge in [0.1, 0.15) is 0 Å². The van der Waals surface area contributed by atoms with Gasteiger partial charge in [-0.05, 0) is 18.2 Å². The molecule has 0 saturated carbocycles. The third kappa shape index (κ3) is 1.49. The molecular formula is C9H9BrN2O2. The first-order valence-corrected chi connectivity index (χ1v) is 5.00. The number of fused-ring (bicyclic) bond motifs is 1. The highest BCUT2D eigenvalue weighted by Crippen LogP contribution is 2.18. The van der Waals surface area contributed by atoms with Gasteiger partial charge in [0, 0.05) is 17.6 Å². The molecule has 2 rings (SSSR count). The monoisotopic (exact) mass is 256 g/mol. The lowest BCUT2D eigenvalue weighted by Crippen LogP contribution is -2.19. The van der Waals surface area contributed by atoms with E-state index in [9.17, 15) is 4.79 Å². The van der Waals surface area contributed by atoms with Crippen LogP contribution in [0.1, 0.15) is 0 Å². The van der Waals surface area contributed by atoms with Gasteiger partial charge in [-0.15, -0.1) is 0 Å². The number of hydrogen-bond donors (Lipinski definition) is 1. The van der Waals surface area contributed by atoms with Crippen molar-refractivity contribution in [3.8, 4) is 0 Å². The average molecular weight is 257 g/mol. The van der Waals surface area contributed by atoms with E-state index in [0.717, 1.165) is 9.99 Å². The second-order valence-corrected chi connectivity index (χ2v) is 3.84. The van der Waals surface area contributed by atoms with Crippen molar-refractivity contribution in [3.05, 3.63) is 33.2 Å². The molecule has 1 aromatic heterocycles. The highest BCUT2D eigenvalue weighted by atomic mass is 79.9. The number of oxazole rings is 1. The van der Waals surface area contributed by atoms with Crippen LogP contribution in [0, 0.1) is 0 Å². The molecule has 4 nitrogen and oxygen atoms in total. The van der Waals surface area contributed by atoms with Crippen molar-refractivity contribution in [2.45, 2.75) is 6.54 Å². The van der Waals surface area contributed by atoms with Crippen LogP contribution in [-0.2, 0) is 6.54 Å². The smallest absolute Gasteiger partial charge is 0.408 e. The number of rotatable bonds is 2. The first-order valence-electron chi connectivity index (χ1n) is 4.21. The molecule has 2 N–H and O–H groups in total. The van der Waals surface area contributed by atoms with E-state index < -0.39 is 0 Å². The molecule has 74 valence electrons. The number of nitrogens with zero attached hydrogens (tertiary/aromatic N) is 1. The molecule has 0 saturated heterocycles. The van der Waals surface area contributed by atoms with Crippen LogP contribution in [0.15, 0.2) is 31.9 Å². The first-order chi connectivity index (χ1) is 6.72. The Labute approximate surface area is 88.4 Å². The summed E-state index contributed by atoms with van der Waals surface area (Å²) >= 11 is 3.31. The maximum Gasteiger partial charge on any atom is 0.419 e. The Morgan fingerprint density at radius 3 is 3.00 bits per heavy atom. The Kier molecular flexibility index (Phi) is 2.43. The van der Waals surface area contributed by atoms with E-state index in [0.29, 0.717) is 18.7 Å². The molecule has 0 amide bonds. The van der Waals surface area contributed by atoms with Crippen molar-refractivity contribution >= 4 is 27.0 Å². The maximum atomic E-state index is 11.4. The number of nitrogens with two attached hydrogens (primary N) is 1. The fourth-order valence-electron chi connectivity index (χ4n) is 1.38. The van der Waals surface area contributed by atoms with Gasteiger partial charge in [0.05, 0.1) is 5.52 Å². The molecule has 0 spiro atoms. The summed E-state index contributed by atoms with van der Waals surface area (Å²) in [5, 5.41) is 0. The number of halogens is 1. The molecule has 2 aromatic rings. The molecule has 5 heteroatoms. The lowest BCUT2D eigenvalue weighted by atomic mass is 10.3. The predicted octanol–water partition coefficient (Wildman–Crippen LogP) is 1.32. The summed E-state index contributed by atoms with van der Waals surface area (Å²) < 4.78 is 7.47. The van der Waals surface area contributed by atoms with Gasteiger partial charge < -0.3 is 10.2 Å². The van der Waals surface area contributed by atoms with E-state index in [1.165, 1.54) is 4.57 Å². The largest absolute Gasteiger partial charge is 0.419 e. The zero-order valence-corrected chi connectivity index (χ0v) is 8.95. The lowest BCUT2D eigenvalue weighted by Gasteiger charge is -1.97. The van der Waals surface area contributed by atoms with Crippen LogP contribution in [-0.4, -0.2) is 11.1 Å². The van der Waals surface area contributed by atoms with Gasteiger partial charge in [-0.25, -0.2) is 4.79 Å². The summed E-state index contributed by atoms with van der Waals surface area (Å²) in [5.74, 6) is -0.358. The number of hydrogen-bond acceptors (Lipinski definition) is 3. The first kappa shape index (κ1) is 9.48. The zero-order valence-electron chi connectivity index (χ0n) is 7.37. The van der Waals surface area contributed by atoms with Crippen LogP contribution < -0.4 is 11.5 Å². The van der Waals surface area contributed by atoms with Crippen LogP contribution in [0.3, 0.4) is 0 Å². The van der Waals surface area contributed by atoms with Gasteiger partial charge in [-0.2, -0.15) is 0 Å². The Hall–Kier alpha value is -1.07. The third-order valence-corrected chi connectivity index (χ3v) is 2.48. The predicted molar refractivity (Wildman–Crippen MR) is 57.2 cm³/mol. The highest BCUT2D eigenvalue weighted by molar-refractivity contribution is 9.10. The summed E-state index contributed by atoms with van der Waals surface area (Å²) in [4.78, 5) is 11.4. The van der Waals surface area contributed by atoms with E-state index in [2.05, 4.69) is 15.9 Å². The van der Waals surface area contributed by atoms with Gasteiger partial charge in [0.25, 0.3) is 0 Å². The number of benzene rings is 1. The zero-order chi connectivity index (χ0) is 10.1. The molecule has 1 aromatic carbocycles. The standard InChI is InChI=1S/C9H9BrN2O2/c10-6-1-2-7-8(5-6)14-9(13)12(7)4-3-11/h1-2,5H,3-4,11H2. The molecule has 0 fully saturated rings. The van der Waals surface area contributed by atoms with Crippen LogP contribution in [0.25, 0.3) is 11.1 Å². The Morgan fingerprint density at radius 1 is 1.50 bits per heavy atom. The summed E-state index contributed by atoms with van der Waals surface area (Å²) in [6.45, 7) is 0.901. The second kappa shape index (κ2) is 3.59. The van der Waals surface area contributed by atoms with Gasteiger partial charge >= 0.3 is 5.76 Å². The lowest BCUT2D eigenvalue weighted by molar-refractivity contribution is 0.507. The minimum atomic E-state index is -0.358. The fraction of sp³-hybridized carbons (Fsp3) is 0.222. The topological polar surface area (TPSA) is 61.2 Å². The van der Waals surface area contributed by atoms with Gasteiger partial charge in [-0.1, -0.05) is 15.9 Å². The molecule has 0 unspecified atom stereocenters. The highest BCUT2D eigenvalue weighted by Gasteiger charge is 2.07. The third-order valence-electron chi connectivity index (χ3n) is 1.98. The SMILES string of the molecule is NCCn1c(=O)oc2cc(Br)ccc21. The van der Waals surface area contributed by atoms with E-state index >= 15 is 0 Å². The van der Waals surface area contributed by atoms with Crippen molar-refractivity contribution in [2.75, 3.05) is 6.54 Å². The summed E-state index contributed by atoms with van der Waals surface area (Å²) in [5.41, 5.74) is 6.76. The van der Waals surface area contributed by atoms with E-state index in [4.69, 9.17) is 10.2 Å². The number of aromatic nitrogens is 1. The molecular weight excluding hydrogens is 248 g/mol. The summed E-state index contributed by atoms with van der Waals surface area (Å²) in [6, 6.07) is 5.47. The minimum absolute atomic E-state index is 0.358. The Balaban J connectivity index is 2.71. The van der Waals surface area contributed by atoms with Gasteiger partial charge in [0.2, 0.25) is 0 Å². The molecule has 0 radical (unpaired) electrons. The molecule has 14 heavy (non-hydrogen) atoms. The van der Waals surface area contributed by atoms with Gasteiger partial charge in [-0.3, -0.25) is 4.57 Å². The Morgan fingerprint density at radius 2 is 2.29 bits per heavy atom. The molecule has 0 aliphatic carbocycles. The van der Waals surface area contributed by atoms with E-state index in [1.807, 2.05) is 12.1 Å². The summed E-state index contributed by atoms with van der Waals surface area (Å²) in [6.07, 6.45) is 0.